The normalized spacial score (nSPS) is 28.7. The first kappa shape index (κ1) is 15.3. The molecule has 3 saturated heterocycles. The number of carbonyl (C=O) groups excluding carboxylic acids is 1. The summed E-state index contributed by atoms with van der Waals surface area (Å²) in [6.45, 7) is 5.92. The van der Waals surface area contributed by atoms with Crippen molar-refractivity contribution < 1.29 is 9.53 Å². The fourth-order valence-corrected chi connectivity index (χ4v) is 4.25. The number of rotatable bonds is 4. The van der Waals surface area contributed by atoms with Gasteiger partial charge < -0.3 is 4.74 Å². The van der Waals surface area contributed by atoms with Gasteiger partial charge in [0.05, 0.1) is 18.7 Å². The molecule has 3 unspecified atom stereocenters. The van der Waals surface area contributed by atoms with Gasteiger partial charge in [-0.2, -0.15) is 0 Å². The van der Waals surface area contributed by atoms with E-state index in [0.717, 1.165) is 41.7 Å². The fourth-order valence-electron chi connectivity index (χ4n) is 4.25. The topological polar surface area (TPSA) is 42.4 Å². The zero-order chi connectivity index (χ0) is 16.7. The molecule has 0 saturated carbocycles. The molecule has 5 rings (SSSR count). The highest BCUT2D eigenvalue weighted by Gasteiger charge is 2.42. The van der Waals surface area contributed by atoms with Gasteiger partial charge in [0.15, 0.2) is 5.78 Å². The molecule has 0 spiro atoms. The van der Waals surface area contributed by atoms with Crippen molar-refractivity contribution in [2.24, 2.45) is 11.8 Å². The minimum atomic E-state index is -0.0169. The lowest BCUT2D eigenvalue weighted by Gasteiger charge is -2.48. The average molecular weight is 322 g/mol. The molecule has 2 bridgehead atoms. The smallest absolute Gasteiger partial charge is 0.180 e. The molecule has 3 aliphatic heterocycles. The third-order valence-corrected chi connectivity index (χ3v) is 5.62. The lowest BCUT2D eigenvalue weighted by Crippen LogP contribution is -2.55. The summed E-state index contributed by atoms with van der Waals surface area (Å²) in [6.07, 6.45) is 5.89. The lowest BCUT2D eigenvalue weighted by atomic mass is 9.74. The van der Waals surface area contributed by atoms with Crippen molar-refractivity contribution in [2.45, 2.75) is 18.9 Å². The monoisotopic (exact) mass is 322 g/mol. The SMILES string of the molecule is C=CC1CN2CCC1C[C@H]2C(=O)c1ccnc2ccc(OC)cc12. The summed E-state index contributed by atoms with van der Waals surface area (Å²) in [5, 5.41) is 0.879. The van der Waals surface area contributed by atoms with E-state index < -0.39 is 0 Å². The maximum atomic E-state index is 13.3. The number of methoxy groups -OCH3 is 1. The highest BCUT2D eigenvalue weighted by atomic mass is 16.5. The summed E-state index contributed by atoms with van der Waals surface area (Å²) in [4.78, 5) is 20.0. The Kier molecular flexibility index (Phi) is 3.85. The third-order valence-electron chi connectivity index (χ3n) is 5.62. The summed E-state index contributed by atoms with van der Waals surface area (Å²) >= 11 is 0. The number of ketones is 1. The highest BCUT2D eigenvalue weighted by molar-refractivity contribution is 6.10. The molecule has 1 aromatic carbocycles. The van der Waals surface area contributed by atoms with Gasteiger partial charge in [-0.05, 0) is 55.5 Å². The number of aromatic nitrogens is 1. The van der Waals surface area contributed by atoms with Crippen LogP contribution in [0.5, 0.6) is 5.75 Å². The van der Waals surface area contributed by atoms with Crippen molar-refractivity contribution in [1.29, 1.82) is 0 Å². The van der Waals surface area contributed by atoms with Gasteiger partial charge in [0.1, 0.15) is 5.75 Å². The quantitative estimate of drug-likeness (QED) is 0.640. The number of fused-ring (bicyclic) bond motifs is 4. The molecule has 24 heavy (non-hydrogen) atoms. The van der Waals surface area contributed by atoms with Gasteiger partial charge in [-0.25, -0.2) is 0 Å². The molecule has 3 aliphatic rings. The number of hydrogen-bond acceptors (Lipinski definition) is 4. The molecule has 3 fully saturated rings. The lowest BCUT2D eigenvalue weighted by molar-refractivity contribution is 0.0205. The van der Waals surface area contributed by atoms with E-state index in [1.807, 2.05) is 24.3 Å². The molecule has 4 heterocycles. The van der Waals surface area contributed by atoms with E-state index in [9.17, 15) is 4.79 Å². The van der Waals surface area contributed by atoms with E-state index >= 15 is 0 Å². The predicted molar refractivity (Wildman–Crippen MR) is 94.4 cm³/mol. The molecule has 0 aliphatic carbocycles. The third kappa shape index (κ3) is 2.42. The fraction of sp³-hybridized carbons (Fsp3) is 0.400. The average Bonchev–Trinajstić information content (AvgIpc) is 2.66. The molecule has 0 N–H and O–H groups in total. The first-order valence-corrected chi connectivity index (χ1v) is 8.55. The largest absolute Gasteiger partial charge is 0.497 e. The van der Waals surface area contributed by atoms with Crippen LogP contribution in [0, 0.1) is 11.8 Å². The minimum absolute atomic E-state index is 0.0169. The Morgan fingerprint density at radius 2 is 2.29 bits per heavy atom. The van der Waals surface area contributed by atoms with Crippen LogP contribution >= 0.6 is 0 Å². The first-order chi connectivity index (χ1) is 11.7. The Balaban J connectivity index is 1.70. The van der Waals surface area contributed by atoms with Crippen LogP contribution in [0.15, 0.2) is 43.1 Å². The summed E-state index contributed by atoms with van der Waals surface area (Å²) in [5.74, 6) is 2.07. The molecular weight excluding hydrogens is 300 g/mol. The summed E-state index contributed by atoms with van der Waals surface area (Å²) in [5.41, 5.74) is 1.59. The highest BCUT2D eigenvalue weighted by Crippen LogP contribution is 2.38. The molecular formula is C20H22N2O2. The van der Waals surface area contributed by atoms with E-state index in [1.165, 1.54) is 6.42 Å². The molecule has 2 aromatic rings. The molecule has 0 amide bonds. The van der Waals surface area contributed by atoms with Crippen LogP contribution in [0.1, 0.15) is 23.2 Å². The van der Waals surface area contributed by atoms with Gasteiger partial charge in [0, 0.05) is 23.7 Å². The number of hydrogen-bond donors (Lipinski definition) is 0. The molecule has 4 nitrogen and oxygen atoms in total. The van der Waals surface area contributed by atoms with Gasteiger partial charge in [-0.15, -0.1) is 6.58 Å². The van der Waals surface area contributed by atoms with E-state index in [0.29, 0.717) is 11.8 Å². The Morgan fingerprint density at radius 1 is 1.42 bits per heavy atom. The van der Waals surface area contributed by atoms with Crippen LogP contribution in [-0.4, -0.2) is 41.9 Å². The number of ether oxygens (including phenoxy) is 1. The van der Waals surface area contributed by atoms with Crippen molar-refractivity contribution in [1.82, 2.24) is 9.88 Å². The number of piperidine rings is 3. The number of pyridine rings is 1. The number of benzene rings is 1. The van der Waals surface area contributed by atoms with Crippen molar-refractivity contribution >= 4 is 16.7 Å². The van der Waals surface area contributed by atoms with E-state index in [1.54, 1.807) is 13.3 Å². The second-order valence-electron chi connectivity index (χ2n) is 6.80. The van der Waals surface area contributed by atoms with Crippen molar-refractivity contribution in [3.8, 4) is 5.75 Å². The maximum Gasteiger partial charge on any atom is 0.180 e. The number of Topliss-reactive ketones (excluding diaryl/α,β-unsaturated/α-hetero) is 1. The van der Waals surface area contributed by atoms with Gasteiger partial charge >= 0.3 is 0 Å². The maximum absolute atomic E-state index is 13.3. The molecule has 4 heteroatoms. The van der Waals surface area contributed by atoms with E-state index in [4.69, 9.17) is 4.74 Å². The number of carbonyl (C=O) groups is 1. The second kappa shape index (κ2) is 6.02. The molecule has 4 atom stereocenters. The zero-order valence-electron chi connectivity index (χ0n) is 13.9. The van der Waals surface area contributed by atoms with Crippen molar-refractivity contribution in [3.05, 3.63) is 48.7 Å². The summed E-state index contributed by atoms with van der Waals surface area (Å²) in [6, 6.07) is 7.53. The zero-order valence-corrected chi connectivity index (χ0v) is 13.9. The van der Waals surface area contributed by atoms with E-state index in [-0.39, 0.29) is 11.8 Å². The Labute approximate surface area is 142 Å². The van der Waals surface area contributed by atoms with Gasteiger partial charge in [-0.3, -0.25) is 14.7 Å². The van der Waals surface area contributed by atoms with Gasteiger partial charge in [-0.1, -0.05) is 6.08 Å². The summed E-state index contributed by atoms with van der Waals surface area (Å²) in [7, 11) is 1.64. The molecule has 124 valence electrons. The van der Waals surface area contributed by atoms with Crippen LogP contribution in [-0.2, 0) is 0 Å². The second-order valence-corrected chi connectivity index (χ2v) is 6.80. The Bertz CT molecular complexity index is 801. The van der Waals surface area contributed by atoms with Gasteiger partial charge in [0.25, 0.3) is 0 Å². The number of nitrogens with zero attached hydrogens (tertiary/aromatic N) is 2. The van der Waals surface area contributed by atoms with E-state index in [2.05, 4.69) is 22.5 Å². The molecule has 1 aromatic heterocycles. The minimum Gasteiger partial charge on any atom is -0.497 e. The van der Waals surface area contributed by atoms with Crippen LogP contribution in [0.3, 0.4) is 0 Å². The predicted octanol–water partition coefficient (Wildman–Crippen LogP) is 3.32. The molecule has 0 radical (unpaired) electrons. The summed E-state index contributed by atoms with van der Waals surface area (Å²) < 4.78 is 5.32. The van der Waals surface area contributed by atoms with Crippen molar-refractivity contribution in [3.63, 3.8) is 0 Å². The van der Waals surface area contributed by atoms with Crippen LogP contribution in [0.2, 0.25) is 0 Å². The standard InChI is InChI=1S/C20H22N2O2/c1-3-13-12-22-9-7-14(13)10-19(22)20(23)16-6-8-21-18-5-4-15(24-2)11-17(16)18/h3-6,8,11,13-14,19H,1,7,9-10,12H2,2H3/t13?,14?,19-/m0/s1. The van der Waals surface area contributed by atoms with Crippen LogP contribution < -0.4 is 4.74 Å². The first-order valence-electron chi connectivity index (χ1n) is 8.55. The van der Waals surface area contributed by atoms with Crippen LogP contribution in [0.25, 0.3) is 10.9 Å². The Hall–Kier alpha value is -2.20. The van der Waals surface area contributed by atoms with Crippen molar-refractivity contribution in [2.75, 3.05) is 20.2 Å². The Morgan fingerprint density at radius 3 is 3.00 bits per heavy atom. The van der Waals surface area contributed by atoms with Gasteiger partial charge in [0.2, 0.25) is 0 Å². The van der Waals surface area contributed by atoms with Crippen LogP contribution in [0.4, 0.5) is 0 Å².